The molecular weight excluding hydrogens is 452 g/mol. The summed E-state index contributed by atoms with van der Waals surface area (Å²) in [6, 6.07) is 7.65. The molecular formula is C26H28N2O7. The zero-order valence-electron chi connectivity index (χ0n) is 19.8. The van der Waals surface area contributed by atoms with Gasteiger partial charge in [-0.15, -0.1) is 0 Å². The van der Waals surface area contributed by atoms with E-state index in [0.29, 0.717) is 25.7 Å². The van der Waals surface area contributed by atoms with Gasteiger partial charge in [-0.25, -0.2) is 0 Å². The highest BCUT2D eigenvalue weighted by molar-refractivity contribution is 6.30. The molecule has 0 spiro atoms. The Balaban J connectivity index is 1.99. The molecule has 1 amide bonds. The van der Waals surface area contributed by atoms with Crippen LogP contribution in [0.2, 0.25) is 0 Å². The number of hydrogen-bond acceptors (Lipinski definition) is 8. The molecule has 0 radical (unpaired) electrons. The second kappa shape index (κ2) is 11.5. The van der Waals surface area contributed by atoms with Gasteiger partial charge in [0.2, 0.25) is 11.7 Å². The summed E-state index contributed by atoms with van der Waals surface area (Å²) in [7, 11) is 0. The van der Waals surface area contributed by atoms with Crippen LogP contribution < -0.4 is 20.5 Å². The van der Waals surface area contributed by atoms with Crippen molar-refractivity contribution in [1.29, 1.82) is 0 Å². The van der Waals surface area contributed by atoms with Crippen LogP contribution in [0.4, 0.5) is 5.69 Å². The number of carbonyl (C=O) groups is 5. The van der Waals surface area contributed by atoms with Crippen LogP contribution >= 0.6 is 0 Å². The first-order valence-corrected chi connectivity index (χ1v) is 11.4. The zero-order chi connectivity index (χ0) is 25.5. The minimum Gasteiger partial charge on any atom is -0.493 e. The molecule has 2 aromatic rings. The number of fused-ring (bicyclic) bond motifs is 2. The van der Waals surface area contributed by atoms with E-state index in [4.69, 9.17) is 15.2 Å². The van der Waals surface area contributed by atoms with Gasteiger partial charge in [0.05, 0.1) is 30.9 Å². The normalized spacial score (nSPS) is 12.0. The predicted octanol–water partition coefficient (Wildman–Crippen LogP) is 2.86. The van der Waals surface area contributed by atoms with E-state index in [2.05, 4.69) is 5.32 Å². The van der Waals surface area contributed by atoms with E-state index in [9.17, 15) is 24.0 Å². The SMILES string of the molecule is CC(=O)CCCOc1cccc2c1C(=O)c1c(OCCCC(C)=O)cc(NC(=O)CN)cc1C2=O. The molecule has 0 heterocycles. The first-order chi connectivity index (χ1) is 16.7. The third-order valence-electron chi connectivity index (χ3n) is 5.40. The standard InChI is InChI=1S/C26H28N2O7/c1-15(29)6-4-10-34-20-9-3-8-18-23(20)26(33)24-19(25(18)32)12-17(28-22(31)14-27)13-21(24)35-11-5-7-16(2)30/h3,8-9,12-13H,4-7,10-11,14,27H2,1-2H3,(H,28,31). The van der Waals surface area contributed by atoms with Gasteiger partial charge in [-0.05, 0) is 38.8 Å². The first kappa shape index (κ1) is 25.8. The maximum absolute atomic E-state index is 13.6. The lowest BCUT2D eigenvalue weighted by Crippen LogP contribution is -2.25. The minimum atomic E-state index is -0.469. The fourth-order valence-electron chi connectivity index (χ4n) is 3.78. The lowest BCUT2D eigenvalue weighted by Gasteiger charge is -2.23. The van der Waals surface area contributed by atoms with E-state index >= 15 is 0 Å². The second-order valence-electron chi connectivity index (χ2n) is 8.29. The monoisotopic (exact) mass is 480 g/mol. The van der Waals surface area contributed by atoms with Crippen LogP contribution in [0.25, 0.3) is 0 Å². The molecule has 0 aromatic heterocycles. The van der Waals surface area contributed by atoms with Gasteiger partial charge in [-0.1, -0.05) is 12.1 Å². The largest absolute Gasteiger partial charge is 0.493 e. The maximum atomic E-state index is 13.6. The van der Waals surface area contributed by atoms with Crippen molar-refractivity contribution in [3.8, 4) is 11.5 Å². The molecule has 0 saturated carbocycles. The first-order valence-electron chi connectivity index (χ1n) is 11.4. The third kappa shape index (κ3) is 6.19. The number of benzene rings is 2. The number of amides is 1. The van der Waals surface area contributed by atoms with Crippen LogP contribution in [0, 0.1) is 0 Å². The molecule has 9 nitrogen and oxygen atoms in total. The molecule has 0 aliphatic heterocycles. The van der Waals surface area contributed by atoms with Crippen molar-refractivity contribution in [3.63, 3.8) is 0 Å². The third-order valence-corrected chi connectivity index (χ3v) is 5.40. The number of nitrogens with one attached hydrogen (secondary N) is 1. The topological polar surface area (TPSA) is 142 Å². The molecule has 0 bridgehead atoms. The number of rotatable bonds is 12. The summed E-state index contributed by atoms with van der Waals surface area (Å²) in [5.74, 6) is -0.925. The average Bonchev–Trinajstić information content (AvgIpc) is 2.82. The van der Waals surface area contributed by atoms with Crippen molar-refractivity contribution in [1.82, 2.24) is 0 Å². The number of ether oxygens (including phenoxy) is 2. The molecule has 35 heavy (non-hydrogen) atoms. The number of nitrogens with two attached hydrogens (primary N) is 1. The Morgan fingerprint density at radius 1 is 0.829 bits per heavy atom. The van der Waals surface area contributed by atoms with Crippen molar-refractivity contribution in [2.24, 2.45) is 5.73 Å². The van der Waals surface area contributed by atoms with Crippen molar-refractivity contribution in [2.75, 3.05) is 25.1 Å². The summed E-state index contributed by atoms with van der Waals surface area (Å²) in [6.07, 6.45) is 1.55. The highest BCUT2D eigenvalue weighted by Gasteiger charge is 2.35. The van der Waals surface area contributed by atoms with Crippen molar-refractivity contribution >= 4 is 34.7 Å². The van der Waals surface area contributed by atoms with Gasteiger partial charge in [-0.3, -0.25) is 14.4 Å². The summed E-state index contributed by atoms with van der Waals surface area (Å²) in [4.78, 5) is 61.4. The van der Waals surface area contributed by atoms with Gasteiger partial charge < -0.3 is 30.1 Å². The van der Waals surface area contributed by atoms with E-state index < -0.39 is 17.5 Å². The van der Waals surface area contributed by atoms with Crippen molar-refractivity contribution in [3.05, 3.63) is 52.6 Å². The number of carbonyl (C=O) groups excluding carboxylic acids is 5. The molecule has 9 heteroatoms. The fraction of sp³-hybridized carbons (Fsp3) is 0.346. The van der Waals surface area contributed by atoms with Crippen LogP contribution in [0.15, 0.2) is 30.3 Å². The Bertz CT molecular complexity index is 1190. The van der Waals surface area contributed by atoms with Crippen LogP contribution in [-0.2, 0) is 14.4 Å². The molecule has 1 aliphatic rings. The molecule has 3 rings (SSSR count). The number of anilines is 1. The Morgan fingerprint density at radius 2 is 1.43 bits per heavy atom. The zero-order valence-corrected chi connectivity index (χ0v) is 19.8. The maximum Gasteiger partial charge on any atom is 0.238 e. The molecule has 0 unspecified atom stereocenters. The molecule has 3 N–H and O–H groups in total. The quantitative estimate of drug-likeness (QED) is 0.377. The van der Waals surface area contributed by atoms with Crippen LogP contribution in [0.1, 0.15) is 71.4 Å². The number of ketones is 4. The van der Waals surface area contributed by atoms with Gasteiger partial charge in [0.15, 0.2) is 5.78 Å². The fourth-order valence-corrected chi connectivity index (χ4v) is 3.78. The van der Waals surface area contributed by atoms with Gasteiger partial charge in [0, 0.05) is 35.7 Å². The molecule has 1 aliphatic carbocycles. The Morgan fingerprint density at radius 3 is 2.03 bits per heavy atom. The molecule has 0 fully saturated rings. The number of hydrogen-bond donors (Lipinski definition) is 2. The summed E-state index contributed by atoms with van der Waals surface area (Å²) < 4.78 is 11.6. The van der Waals surface area contributed by atoms with Crippen LogP contribution in [0.3, 0.4) is 0 Å². The number of Topliss-reactive ketones (excluding diaryl/α,β-unsaturated/α-hetero) is 2. The Labute approximate surface area is 203 Å². The van der Waals surface area contributed by atoms with E-state index in [1.54, 1.807) is 18.2 Å². The van der Waals surface area contributed by atoms with Gasteiger partial charge in [0.1, 0.15) is 23.1 Å². The summed E-state index contributed by atoms with van der Waals surface area (Å²) in [5, 5.41) is 2.59. The second-order valence-corrected chi connectivity index (χ2v) is 8.29. The Kier molecular flexibility index (Phi) is 8.48. The minimum absolute atomic E-state index is 0.00586. The van der Waals surface area contributed by atoms with E-state index in [1.807, 2.05) is 0 Å². The molecule has 2 aromatic carbocycles. The molecule has 0 atom stereocenters. The van der Waals surface area contributed by atoms with Crippen LogP contribution in [0.5, 0.6) is 11.5 Å². The molecule has 0 saturated heterocycles. The smallest absolute Gasteiger partial charge is 0.238 e. The highest BCUT2D eigenvalue weighted by atomic mass is 16.5. The lowest BCUT2D eigenvalue weighted by molar-refractivity contribution is -0.118. The van der Waals surface area contributed by atoms with Gasteiger partial charge in [-0.2, -0.15) is 0 Å². The Hall–Kier alpha value is -3.85. The predicted molar refractivity (Wildman–Crippen MR) is 128 cm³/mol. The van der Waals surface area contributed by atoms with E-state index in [-0.39, 0.29) is 70.8 Å². The highest BCUT2D eigenvalue weighted by Crippen LogP contribution is 2.39. The lowest BCUT2D eigenvalue weighted by atomic mass is 9.82. The summed E-state index contributed by atoms with van der Waals surface area (Å²) in [5.41, 5.74) is 6.11. The van der Waals surface area contributed by atoms with Crippen molar-refractivity contribution in [2.45, 2.75) is 39.5 Å². The van der Waals surface area contributed by atoms with Crippen LogP contribution in [-0.4, -0.2) is 48.8 Å². The molecule has 184 valence electrons. The van der Waals surface area contributed by atoms with Gasteiger partial charge >= 0.3 is 0 Å². The average molecular weight is 481 g/mol. The summed E-state index contributed by atoms with van der Waals surface area (Å²) >= 11 is 0. The van der Waals surface area contributed by atoms with Crippen molar-refractivity contribution < 1.29 is 33.4 Å². The van der Waals surface area contributed by atoms with E-state index in [0.717, 1.165) is 0 Å². The summed E-state index contributed by atoms with van der Waals surface area (Å²) in [6.45, 7) is 3.06. The van der Waals surface area contributed by atoms with E-state index in [1.165, 1.54) is 26.0 Å². The van der Waals surface area contributed by atoms with Gasteiger partial charge in [0.25, 0.3) is 0 Å².